The molecule has 0 aliphatic carbocycles. The van der Waals surface area contributed by atoms with Crippen LogP contribution in [0.1, 0.15) is 30.4 Å². The molecule has 1 amide bonds. The Bertz CT molecular complexity index is 1190. The number of carbonyl (C=O) groups is 1. The smallest absolute Gasteiger partial charge is 0.406 e. The Morgan fingerprint density at radius 1 is 1.03 bits per heavy atom. The van der Waals surface area contributed by atoms with E-state index in [9.17, 15) is 22.8 Å². The maximum atomic E-state index is 12.4. The molecule has 0 spiro atoms. The van der Waals surface area contributed by atoms with Crippen LogP contribution in [0.4, 0.5) is 19.0 Å². The number of alkyl halides is 3. The van der Waals surface area contributed by atoms with Gasteiger partial charge in [0, 0.05) is 29.4 Å². The molecule has 2 heterocycles. The van der Waals surface area contributed by atoms with Crippen LogP contribution in [0.3, 0.4) is 0 Å². The monoisotopic (exact) mass is 433 g/mol. The van der Waals surface area contributed by atoms with Crippen molar-refractivity contribution >= 4 is 11.7 Å². The predicted octanol–water partition coefficient (Wildman–Crippen LogP) is 3.13. The second-order valence-corrected chi connectivity index (χ2v) is 6.85. The number of hydrogen-bond donors (Lipinski definition) is 2. The summed E-state index contributed by atoms with van der Waals surface area (Å²) in [5, 5.41) is 0. The standard InChI is InChI=1S/C20H18F3N5O3/c1-10(2)28-9-12(5-8-14(28)29)16-15(27-18(24)17(26-16)19(25)30)11-3-6-13(7-4-11)31-20(21,22)23/h3-10H,1-2H3,(H2,24,27)(H2,25,30). The SMILES string of the molecule is CC(C)n1cc(-c2nc(C(N)=O)c(N)nc2-c2ccc(OC(F)(F)F)cc2)ccc1=O. The third kappa shape index (κ3) is 4.82. The number of rotatable bonds is 5. The van der Waals surface area contributed by atoms with Crippen molar-refractivity contribution in [3.63, 3.8) is 0 Å². The first-order valence-electron chi connectivity index (χ1n) is 9.02. The number of anilines is 1. The molecule has 3 aromatic rings. The number of halogens is 3. The number of aromatic nitrogens is 3. The number of nitrogens with two attached hydrogens (primary N) is 2. The summed E-state index contributed by atoms with van der Waals surface area (Å²) in [5.41, 5.74) is 11.8. The molecular formula is C20H18F3N5O3. The largest absolute Gasteiger partial charge is 0.573 e. The molecule has 31 heavy (non-hydrogen) atoms. The van der Waals surface area contributed by atoms with Crippen molar-refractivity contribution in [2.75, 3.05) is 5.73 Å². The Morgan fingerprint density at radius 2 is 1.61 bits per heavy atom. The molecule has 0 bridgehead atoms. The molecule has 0 radical (unpaired) electrons. The Morgan fingerprint density at radius 3 is 2.16 bits per heavy atom. The molecular weight excluding hydrogens is 415 g/mol. The van der Waals surface area contributed by atoms with Crippen LogP contribution in [0.2, 0.25) is 0 Å². The molecule has 0 atom stereocenters. The molecule has 0 aliphatic heterocycles. The molecule has 11 heteroatoms. The van der Waals surface area contributed by atoms with Crippen molar-refractivity contribution in [1.29, 1.82) is 0 Å². The van der Waals surface area contributed by atoms with Crippen LogP contribution >= 0.6 is 0 Å². The average molecular weight is 433 g/mol. The van der Waals surface area contributed by atoms with Crippen molar-refractivity contribution < 1.29 is 22.7 Å². The van der Waals surface area contributed by atoms with Crippen molar-refractivity contribution in [3.8, 4) is 28.3 Å². The second kappa shape index (κ2) is 8.09. The zero-order valence-electron chi connectivity index (χ0n) is 16.5. The van der Waals surface area contributed by atoms with Crippen LogP contribution in [0.5, 0.6) is 5.75 Å². The summed E-state index contributed by atoms with van der Waals surface area (Å²) in [6, 6.07) is 7.58. The van der Waals surface area contributed by atoms with Gasteiger partial charge < -0.3 is 20.8 Å². The van der Waals surface area contributed by atoms with Gasteiger partial charge in [-0.2, -0.15) is 0 Å². The molecule has 162 valence electrons. The van der Waals surface area contributed by atoms with E-state index in [2.05, 4.69) is 14.7 Å². The van der Waals surface area contributed by atoms with Gasteiger partial charge in [-0.25, -0.2) is 9.97 Å². The minimum atomic E-state index is -4.83. The van der Waals surface area contributed by atoms with E-state index in [0.29, 0.717) is 11.1 Å². The van der Waals surface area contributed by atoms with Gasteiger partial charge in [0.2, 0.25) is 0 Å². The van der Waals surface area contributed by atoms with E-state index in [1.165, 1.54) is 28.8 Å². The van der Waals surface area contributed by atoms with Crippen LogP contribution in [-0.2, 0) is 0 Å². The Labute approximate surface area is 174 Å². The highest BCUT2D eigenvalue weighted by atomic mass is 19.4. The van der Waals surface area contributed by atoms with Gasteiger partial charge in [0.25, 0.3) is 11.5 Å². The quantitative estimate of drug-likeness (QED) is 0.637. The molecule has 2 aromatic heterocycles. The summed E-state index contributed by atoms with van der Waals surface area (Å²) in [6.45, 7) is 3.63. The average Bonchev–Trinajstić information content (AvgIpc) is 2.67. The molecule has 3 rings (SSSR count). The fourth-order valence-corrected chi connectivity index (χ4v) is 2.89. The first-order valence-corrected chi connectivity index (χ1v) is 9.02. The number of benzene rings is 1. The van der Waals surface area contributed by atoms with Gasteiger partial charge in [-0.05, 0) is 44.2 Å². The Balaban J connectivity index is 2.19. The third-order valence-corrected chi connectivity index (χ3v) is 4.29. The molecule has 0 saturated carbocycles. The van der Waals surface area contributed by atoms with Gasteiger partial charge in [0.1, 0.15) is 5.75 Å². The predicted molar refractivity (Wildman–Crippen MR) is 107 cm³/mol. The molecule has 1 aromatic carbocycles. The maximum absolute atomic E-state index is 12.4. The summed E-state index contributed by atoms with van der Waals surface area (Å²) in [5.74, 6) is -1.55. The summed E-state index contributed by atoms with van der Waals surface area (Å²) in [6.07, 6.45) is -3.28. The summed E-state index contributed by atoms with van der Waals surface area (Å²) in [4.78, 5) is 32.3. The number of nitrogen functional groups attached to an aromatic ring is 1. The van der Waals surface area contributed by atoms with Crippen molar-refractivity contribution in [2.45, 2.75) is 26.3 Å². The minimum Gasteiger partial charge on any atom is -0.406 e. The maximum Gasteiger partial charge on any atom is 0.573 e. The Kier molecular flexibility index (Phi) is 5.69. The fraction of sp³-hybridized carbons (Fsp3) is 0.200. The topological polar surface area (TPSA) is 126 Å². The van der Waals surface area contributed by atoms with Gasteiger partial charge in [-0.1, -0.05) is 0 Å². The van der Waals surface area contributed by atoms with Crippen LogP contribution in [0.15, 0.2) is 47.4 Å². The number of primary amides is 1. The first kappa shape index (κ1) is 21.8. The zero-order chi connectivity index (χ0) is 22.9. The highest BCUT2D eigenvalue weighted by Gasteiger charge is 2.31. The van der Waals surface area contributed by atoms with E-state index in [4.69, 9.17) is 11.5 Å². The van der Waals surface area contributed by atoms with Gasteiger partial charge in [-0.15, -0.1) is 13.2 Å². The number of nitrogens with zero attached hydrogens (tertiary/aromatic N) is 3. The van der Waals surface area contributed by atoms with Crippen LogP contribution in [0.25, 0.3) is 22.5 Å². The lowest BCUT2D eigenvalue weighted by Crippen LogP contribution is -2.21. The first-order chi connectivity index (χ1) is 14.5. The number of amides is 1. The van der Waals surface area contributed by atoms with Gasteiger partial charge in [-0.3, -0.25) is 9.59 Å². The number of pyridine rings is 1. The van der Waals surface area contributed by atoms with E-state index < -0.39 is 18.0 Å². The van der Waals surface area contributed by atoms with Crippen molar-refractivity contribution in [3.05, 3.63) is 58.6 Å². The van der Waals surface area contributed by atoms with Crippen LogP contribution in [0, 0.1) is 0 Å². The molecule has 4 N–H and O–H groups in total. The van der Waals surface area contributed by atoms with Crippen LogP contribution < -0.4 is 21.8 Å². The summed E-state index contributed by atoms with van der Waals surface area (Å²) in [7, 11) is 0. The minimum absolute atomic E-state index is 0.160. The van der Waals surface area contributed by atoms with E-state index in [1.54, 1.807) is 6.20 Å². The summed E-state index contributed by atoms with van der Waals surface area (Å²) >= 11 is 0. The second-order valence-electron chi connectivity index (χ2n) is 6.85. The van der Waals surface area contributed by atoms with E-state index in [-0.39, 0.29) is 34.5 Å². The van der Waals surface area contributed by atoms with Crippen molar-refractivity contribution in [2.24, 2.45) is 5.73 Å². The van der Waals surface area contributed by atoms with Crippen LogP contribution in [-0.4, -0.2) is 26.8 Å². The molecule has 0 fully saturated rings. The number of ether oxygens (including phenoxy) is 1. The lowest BCUT2D eigenvalue weighted by molar-refractivity contribution is -0.274. The Hall–Kier alpha value is -3.89. The zero-order valence-corrected chi connectivity index (χ0v) is 16.5. The third-order valence-electron chi connectivity index (χ3n) is 4.29. The normalized spacial score (nSPS) is 11.5. The van der Waals surface area contributed by atoms with Crippen molar-refractivity contribution in [1.82, 2.24) is 14.5 Å². The van der Waals surface area contributed by atoms with E-state index in [0.717, 1.165) is 12.1 Å². The highest BCUT2D eigenvalue weighted by Crippen LogP contribution is 2.32. The molecule has 8 nitrogen and oxygen atoms in total. The fourth-order valence-electron chi connectivity index (χ4n) is 2.89. The van der Waals surface area contributed by atoms with Gasteiger partial charge in [0.15, 0.2) is 11.5 Å². The summed E-state index contributed by atoms with van der Waals surface area (Å²) < 4.78 is 42.6. The lowest BCUT2D eigenvalue weighted by Gasteiger charge is -2.15. The molecule has 0 saturated heterocycles. The van der Waals surface area contributed by atoms with Gasteiger partial charge in [0.05, 0.1) is 11.4 Å². The van der Waals surface area contributed by atoms with Gasteiger partial charge >= 0.3 is 6.36 Å². The van der Waals surface area contributed by atoms with E-state index >= 15 is 0 Å². The molecule has 0 unspecified atom stereocenters. The lowest BCUT2D eigenvalue weighted by atomic mass is 10.0. The molecule has 0 aliphatic rings. The number of hydrogen-bond acceptors (Lipinski definition) is 6. The number of carbonyl (C=O) groups excluding carboxylic acids is 1. The van der Waals surface area contributed by atoms with E-state index in [1.807, 2.05) is 13.8 Å². The highest BCUT2D eigenvalue weighted by molar-refractivity contribution is 5.96.